The first kappa shape index (κ1) is 16.0. The van der Waals surface area contributed by atoms with Crippen molar-refractivity contribution in [2.45, 2.75) is 45.1 Å². The number of hydrogen-bond acceptors (Lipinski definition) is 3. The number of rotatable bonds is 7. The molecule has 116 valence electrons. The summed E-state index contributed by atoms with van der Waals surface area (Å²) < 4.78 is 5.64. The highest BCUT2D eigenvalue weighted by molar-refractivity contribution is 5.91. The van der Waals surface area contributed by atoms with Crippen LogP contribution < -0.4 is 10.6 Å². The molecular weight excluding hydrogens is 264 g/mol. The smallest absolute Gasteiger partial charge is 0.250 e. The number of carbonyl (C=O) groups is 1. The predicted molar refractivity (Wildman–Crippen MR) is 85.5 cm³/mol. The summed E-state index contributed by atoms with van der Waals surface area (Å²) in [6.45, 7) is 4.29. The van der Waals surface area contributed by atoms with Crippen molar-refractivity contribution in [2.24, 2.45) is 0 Å². The number of unbranched alkanes of at least 4 members (excludes halogenated alkanes) is 1. The molecule has 1 amide bonds. The lowest BCUT2D eigenvalue weighted by Crippen LogP contribution is -2.34. The van der Waals surface area contributed by atoms with Crippen LogP contribution in [0.25, 0.3) is 0 Å². The molecule has 1 aromatic rings. The zero-order chi connectivity index (χ0) is 14.9. The molecule has 2 N–H and O–H groups in total. The molecule has 21 heavy (non-hydrogen) atoms. The van der Waals surface area contributed by atoms with Crippen molar-refractivity contribution in [3.8, 4) is 0 Å². The van der Waals surface area contributed by atoms with E-state index < -0.39 is 0 Å². The van der Waals surface area contributed by atoms with Crippen molar-refractivity contribution < 1.29 is 9.53 Å². The number of piperidine rings is 1. The second-order valence-electron chi connectivity index (χ2n) is 5.61. The van der Waals surface area contributed by atoms with Crippen LogP contribution in [0, 0.1) is 0 Å². The van der Waals surface area contributed by atoms with Crippen LogP contribution >= 0.6 is 0 Å². The van der Waals surface area contributed by atoms with Crippen molar-refractivity contribution in [2.75, 3.05) is 25.0 Å². The Morgan fingerprint density at radius 3 is 2.67 bits per heavy atom. The molecule has 1 aliphatic heterocycles. The number of ether oxygens (including phenoxy) is 1. The van der Waals surface area contributed by atoms with Gasteiger partial charge in [-0.2, -0.15) is 0 Å². The summed E-state index contributed by atoms with van der Waals surface area (Å²) in [5.74, 6) is -0.0742. The van der Waals surface area contributed by atoms with Gasteiger partial charge in [-0.15, -0.1) is 0 Å². The average Bonchev–Trinajstić information content (AvgIpc) is 2.53. The third kappa shape index (κ3) is 5.86. The molecule has 1 saturated heterocycles. The fraction of sp³-hybridized carbons (Fsp3) is 0.588. The summed E-state index contributed by atoms with van der Waals surface area (Å²) in [6.07, 6.45) is 5.69. The van der Waals surface area contributed by atoms with E-state index in [-0.39, 0.29) is 18.6 Å². The molecule has 4 heteroatoms. The van der Waals surface area contributed by atoms with E-state index in [0.717, 1.165) is 38.0 Å². The lowest BCUT2D eigenvalue weighted by atomic mass is 10.1. The average molecular weight is 290 g/mol. The highest BCUT2D eigenvalue weighted by Crippen LogP contribution is 2.12. The number of hydrogen-bond donors (Lipinski definition) is 2. The van der Waals surface area contributed by atoms with E-state index in [4.69, 9.17) is 4.74 Å². The number of carbonyl (C=O) groups excluding carboxylic acids is 1. The van der Waals surface area contributed by atoms with Gasteiger partial charge in [0.15, 0.2) is 0 Å². The second kappa shape index (κ2) is 8.80. The van der Waals surface area contributed by atoms with Crippen LogP contribution in [0.3, 0.4) is 0 Å². The molecule has 1 aliphatic rings. The molecule has 0 aromatic heterocycles. The zero-order valence-electron chi connectivity index (χ0n) is 12.9. The number of amides is 1. The van der Waals surface area contributed by atoms with Crippen molar-refractivity contribution >= 4 is 11.6 Å². The number of nitrogens with one attached hydrogen (secondary N) is 2. The van der Waals surface area contributed by atoms with E-state index in [0.29, 0.717) is 0 Å². The van der Waals surface area contributed by atoms with Gasteiger partial charge in [-0.3, -0.25) is 4.79 Å². The molecule has 1 fully saturated rings. The van der Waals surface area contributed by atoms with Gasteiger partial charge < -0.3 is 15.4 Å². The fourth-order valence-corrected chi connectivity index (χ4v) is 2.49. The molecule has 0 saturated carbocycles. The van der Waals surface area contributed by atoms with Crippen molar-refractivity contribution in [1.82, 2.24) is 5.32 Å². The number of benzene rings is 1. The monoisotopic (exact) mass is 290 g/mol. The molecule has 0 bridgehead atoms. The molecular formula is C17H26N2O2. The second-order valence-corrected chi connectivity index (χ2v) is 5.61. The van der Waals surface area contributed by atoms with E-state index in [1.54, 1.807) is 0 Å². The van der Waals surface area contributed by atoms with Crippen LogP contribution in [-0.2, 0) is 16.0 Å². The first-order valence-electron chi connectivity index (χ1n) is 7.99. The highest BCUT2D eigenvalue weighted by Gasteiger charge is 2.14. The van der Waals surface area contributed by atoms with E-state index >= 15 is 0 Å². The van der Waals surface area contributed by atoms with Gasteiger partial charge in [0.1, 0.15) is 6.61 Å². The quantitative estimate of drug-likeness (QED) is 0.812. The Balaban J connectivity index is 1.71. The number of anilines is 1. The third-order valence-electron chi connectivity index (χ3n) is 3.79. The Hall–Kier alpha value is -1.39. The minimum absolute atomic E-state index is 0.0742. The minimum Gasteiger partial charge on any atom is -0.368 e. The van der Waals surface area contributed by atoms with Crippen LogP contribution in [0.1, 0.15) is 38.2 Å². The Kier molecular flexibility index (Phi) is 6.70. The number of aryl methyl sites for hydroxylation is 1. The predicted octanol–water partition coefficient (Wildman–Crippen LogP) is 2.74. The van der Waals surface area contributed by atoms with Gasteiger partial charge >= 0.3 is 0 Å². The first-order chi connectivity index (χ1) is 10.3. The summed E-state index contributed by atoms with van der Waals surface area (Å²) in [5, 5.41) is 6.17. The molecule has 1 aromatic carbocycles. The Morgan fingerprint density at radius 1 is 1.29 bits per heavy atom. The Bertz CT molecular complexity index is 425. The van der Waals surface area contributed by atoms with Crippen molar-refractivity contribution in [3.05, 3.63) is 29.8 Å². The maximum Gasteiger partial charge on any atom is 0.250 e. The summed E-state index contributed by atoms with van der Waals surface area (Å²) in [5.41, 5.74) is 2.16. The lowest BCUT2D eigenvalue weighted by molar-refractivity contribution is -0.123. The SMILES string of the molecule is CCCCc1ccc(NC(=O)COC2CCNCC2)cc1. The summed E-state index contributed by atoms with van der Waals surface area (Å²) in [6, 6.07) is 8.10. The van der Waals surface area contributed by atoms with Gasteiger partial charge in [0, 0.05) is 5.69 Å². The molecule has 0 spiro atoms. The normalized spacial score (nSPS) is 15.9. The first-order valence-corrected chi connectivity index (χ1v) is 7.99. The van der Waals surface area contributed by atoms with Gasteiger partial charge in [-0.25, -0.2) is 0 Å². The van der Waals surface area contributed by atoms with Gasteiger partial charge in [-0.1, -0.05) is 25.5 Å². The van der Waals surface area contributed by atoms with Gasteiger partial charge in [0.25, 0.3) is 0 Å². The zero-order valence-corrected chi connectivity index (χ0v) is 12.9. The molecule has 2 rings (SSSR count). The molecule has 0 radical (unpaired) electrons. The van der Waals surface area contributed by atoms with Crippen LogP contribution in [0.2, 0.25) is 0 Å². The lowest BCUT2D eigenvalue weighted by Gasteiger charge is -2.22. The molecule has 1 heterocycles. The maximum absolute atomic E-state index is 11.9. The van der Waals surface area contributed by atoms with Crippen LogP contribution in [0.5, 0.6) is 0 Å². The van der Waals surface area contributed by atoms with Crippen molar-refractivity contribution in [1.29, 1.82) is 0 Å². The Labute approximate surface area is 127 Å². The summed E-state index contributed by atoms with van der Waals surface area (Å²) >= 11 is 0. The molecule has 0 aliphatic carbocycles. The highest BCUT2D eigenvalue weighted by atomic mass is 16.5. The van der Waals surface area contributed by atoms with Gasteiger partial charge in [0.2, 0.25) is 5.91 Å². The Morgan fingerprint density at radius 2 is 2.00 bits per heavy atom. The van der Waals surface area contributed by atoms with Crippen LogP contribution in [0.4, 0.5) is 5.69 Å². The van der Waals surface area contributed by atoms with E-state index in [1.807, 2.05) is 12.1 Å². The third-order valence-corrected chi connectivity index (χ3v) is 3.79. The standard InChI is InChI=1S/C17H26N2O2/c1-2-3-4-14-5-7-15(8-6-14)19-17(20)13-21-16-9-11-18-12-10-16/h5-8,16,18H,2-4,9-13H2,1H3,(H,19,20). The molecule has 4 nitrogen and oxygen atoms in total. The molecule has 0 atom stereocenters. The van der Waals surface area contributed by atoms with Crippen LogP contribution in [-0.4, -0.2) is 31.7 Å². The maximum atomic E-state index is 11.9. The van der Waals surface area contributed by atoms with Gasteiger partial charge in [0.05, 0.1) is 6.10 Å². The molecule has 0 unspecified atom stereocenters. The summed E-state index contributed by atoms with van der Waals surface area (Å²) in [7, 11) is 0. The van der Waals surface area contributed by atoms with E-state index in [2.05, 4.69) is 29.7 Å². The van der Waals surface area contributed by atoms with Crippen molar-refractivity contribution in [3.63, 3.8) is 0 Å². The van der Waals surface area contributed by atoms with E-state index in [1.165, 1.54) is 18.4 Å². The van der Waals surface area contributed by atoms with Crippen LogP contribution in [0.15, 0.2) is 24.3 Å². The largest absolute Gasteiger partial charge is 0.368 e. The minimum atomic E-state index is -0.0742. The summed E-state index contributed by atoms with van der Waals surface area (Å²) in [4.78, 5) is 11.9. The fourth-order valence-electron chi connectivity index (χ4n) is 2.49. The van der Waals surface area contributed by atoms with Gasteiger partial charge in [-0.05, 0) is 56.5 Å². The van der Waals surface area contributed by atoms with E-state index in [9.17, 15) is 4.79 Å². The topological polar surface area (TPSA) is 50.4 Å².